The normalized spacial score (nSPS) is 15.5. The molecular formula is C14H14N4O. The van der Waals surface area contributed by atoms with Crippen molar-refractivity contribution in [1.82, 2.24) is 4.98 Å². The highest BCUT2D eigenvalue weighted by Crippen LogP contribution is 2.29. The van der Waals surface area contributed by atoms with Crippen molar-refractivity contribution in [2.75, 3.05) is 17.7 Å². The molecule has 0 unspecified atom stereocenters. The zero-order valence-electron chi connectivity index (χ0n) is 10.6. The van der Waals surface area contributed by atoms with E-state index in [0.29, 0.717) is 18.1 Å². The van der Waals surface area contributed by atoms with Gasteiger partial charge in [-0.1, -0.05) is 0 Å². The molecule has 5 nitrogen and oxygen atoms in total. The Kier molecular flexibility index (Phi) is 2.79. The molecule has 0 saturated carbocycles. The van der Waals surface area contributed by atoms with Crippen molar-refractivity contribution in [2.45, 2.75) is 6.92 Å². The van der Waals surface area contributed by atoms with Crippen LogP contribution in [-0.4, -0.2) is 17.4 Å². The minimum atomic E-state index is 0.395. The van der Waals surface area contributed by atoms with Gasteiger partial charge < -0.3 is 15.8 Å². The number of nitrogen functional groups attached to an aromatic ring is 1. The van der Waals surface area contributed by atoms with Crippen LogP contribution in [0.15, 0.2) is 41.5 Å². The van der Waals surface area contributed by atoms with Crippen LogP contribution in [0.2, 0.25) is 0 Å². The average Bonchev–Trinajstić information content (AvgIpc) is 2.38. The first-order valence-corrected chi connectivity index (χ1v) is 6.00. The molecule has 0 radical (unpaired) electrons. The van der Waals surface area contributed by atoms with Gasteiger partial charge >= 0.3 is 0 Å². The van der Waals surface area contributed by atoms with E-state index in [1.165, 1.54) is 0 Å². The minimum absolute atomic E-state index is 0.395. The van der Waals surface area contributed by atoms with Gasteiger partial charge in [0.25, 0.3) is 0 Å². The Labute approximate surface area is 111 Å². The summed E-state index contributed by atoms with van der Waals surface area (Å²) in [7, 11) is 0. The van der Waals surface area contributed by atoms with Crippen LogP contribution in [-0.2, 0) is 0 Å². The van der Waals surface area contributed by atoms with Gasteiger partial charge in [0, 0.05) is 11.9 Å². The third-order valence-corrected chi connectivity index (χ3v) is 2.80. The van der Waals surface area contributed by atoms with Crippen molar-refractivity contribution in [1.29, 1.82) is 0 Å². The molecule has 0 amide bonds. The smallest absolute Gasteiger partial charge is 0.154 e. The van der Waals surface area contributed by atoms with E-state index in [1.54, 1.807) is 6.20 Å². The van der Waals surface area contributed by atoms with Gasteiger partial charge in [0.2, 0.25) is 0 Å². The molecule has 3 N–H and O–H groups in total. The van der Waals surface area contributed by atoms with Gasteiger partial charge in [-0.25, -0.2) is 9.98 Å². The molecule has 0 spiro atoms. The van der Waals surface area contributed by atoms with Crippen LogP contribution in [0.1, 0.15) is 5.56 Å². The van der Waals surface area contributed by atoms with Crippen molar-refractivity contribution in [2.24, 2.45) is 4.99 Å². The first kappa shape index (κ1) is 11.5. The van der Waals surface area contributed by atoms with Crippen LogP contribution in [0.25, 0.3) is 0 Å². The lowest BCUT2D eigenvalue weighted by molar-refractivity contribution is 0.372. The van der Waals surface area contributed by atoms with Crippen LogP contribution >= 0.6 is 0 Å². The number of amidine groups is 1. The maximum absolute atomic E-state index is 5.75. The topological polar surface area (TPSA) is 72.5 Å². The Morgan fingerprint density at radius 3 is 3.05 bits per heavy atom. The molecule has 0 aliphatic carbocycles. The molecule has 0 atom stereocenters. The SMILES string of the molecule is Cc1ccnc(N=C2COc3ccc(N)cc3N2)c1. The van der Waals surface area contributed by atoms with Crippen LogP contribution in [0.5, 0.6) is 5.75 Å². The molecular weight excluding hydrogens is 240 g/mol. The van der Waals surface area contributed by atoms with E-state index in [1.807, 2.05) is 37.3 Å². The highest BCUT2D eigenvalue weighted by molar-refractivity contribution is 6.01. The van der Waals surface area contributed by atoms with Crippen LogP contribution < -0.4 is 15.8 Å². The van der Waals surface area contributed by atoms with Gasteiger partial charge in [-0.3, -0.25) is 0 Å². The Morgan fingerprint density at radius 1 is 1.32 bits per heavy atom. The number of aliphatic imine (C=N–C) groups is 1. The largest absolute Gasteiger partial charge is 0.484 e. The van der Waals surface area contributed by atoms with E-state index < -0.39 is 0 Å². The summed E-state index contributed by atoms with van der Waals surface area (Å²) in [5, 5.41) is 3.21. The fourth-order valence-electron chi connectivity index (χ4n) is 1.89. The molecule has 1 aromatic heterocycles. The van der Waals surface area contributed by atoms with E-state index in [2.05, 4.69) is 15.3 Å². The number of aromatic nitrogens is 1. The van der Waals surface area contributed by atoms with Crippen molar-refractivity contribution >= 4 is 23.0 Å². The molecule has 2 aromatic rings. The fourth-order valence-corrected chi connectivity index (χ4v) is 1.89. The summed E-state index contributed by atoms with van der Waals surface area (Å²) in [5.74, 6) is 2.17. The molecule has 1 aliphatic heterocycles. The highest BCUT2D eigenvalue weighted by atomic mass is 16.5. The number of pyridine rings is 1. The number of hydrogen-bond donors (Lipinski definition) is 2. The molecule has 1 aliphatic rings. The van der Waals surface area contributed by atoms with Gasteiger partial charge in [0.1, 0.15) is 18.2 Å². The zero-order chi connectivity index (χ0) is 13.2. The molecule has 0 fully saturated rings. The van der Waals surface area contributed by atoms with Crippen LogP contribution in [0, 0.1) is 6.92 Å². The first-order chi connectivity index (χ1) is 9.20. The molecule has 5 heteroatoms. The first-order valence-electron chi connectivity index (χ1n) is 6.00. The number of ether oxygens (including phenoxy) is 1. The molecule has 96 valence electrons. The lowest BCUT2D eigenvalue weighted by Gasteiger charge is -2.20. The summed E-state index contributed by atoms with van der Waals surface area (Å²) in [6.07, 6.45) is 1.74. The predicted octanol–water partition coefficient (Wildman–Crippen LogP) is 2.51. The standard InChI is InChI=1S/C14H14N4O/c1-9-4-5-16-13(6-9)18-14-8-19-12-3-2-10(15)7-11(12)17-14/h2-7H,8,15H2,1H3,(H,16,17,18). The number of aryl methyl sites for hydroxylation is 1. The second kappa shape index (κ2) is 4.61. The number of nitrogens with two attached hydrogens (primary N) is 1. The van der Waals surface area contributed by atoms with Crippen LogP contribution in [0.3, 0.4) is 0 Å². The van der Waals surface area contributed by atoms with E-state index in [0.717, 1.165) is 22.8 Å². The second-order valence-electron chi connectivity index (χ2n) is 4.42. The quantitative estimate of drug-likeness (QED) is 0.767. The minimum Gasteiger partial charge on any atom is -0.484 e. The van der Waals surface area contributed by atoms with Crippen LogP contribution in [0.4, 0.5) is 17.2 Å². The van der Waals surface area contributed by atoms with E-state index >= 15 is 0 Å². The number of benzene rings is 1. The summed E-state index contributed by atoms with van der Waals surface area (Å²) in [4.78, 5) is 8.64. The summed E-state index contributed by atoms with van der Waals surface area (Å²) in [5.41, 5.74) is 8.39. The molecule has 0 bridgehead atoms. The molecule has 19 heavy (non-hydrogen) atoms. The molecule has 1 aromatic carbocycles. The van der Waals surface area contributed by atoms with E-state index in [4.69, 9.17) is 10.5 Å². The Bertz CT molecular complexity index is 652. The van der Waals surface area contributed by atoms with Crippen molar-refractivity contribution in [3.63, 3.8) is 0 Å². The Morgan fingerprint density at radius 2 is 2.21 bits per heavy atom. The van der Waals surface area contributed by atoms with Gasteiger partial charge in [-0.05, 0) is 42.8 Å². The number of nitrogens with one attached hydrogen (secondary N) is 1. The lowest BCUT2D eigenvalue weighted by atomic mass is 10.2. The predicted molar refractivity (Wildman–Crippen MR) is 76.0 cm³/mol. The Balaban J connectivity index is 1.89. The lowest BCUT2D eigenvalue weighted by Crippen LogP contribution is -2.25. The molecule has 3 rings (SSSR count). The number of fused-ring (bicyclic) bond motifs is 1. The summed E-state index contributed by atoms with van der Waals surface area (Å²) < 4.78 is 5.62. The number of rotatable bonds is 1. The summed E-state index contributed by atoms with van der Waals surface area (Å²) in [6.45, 7) is 2.40. The number of hydrogen-bond acceptors (Lipinski definition) is 4. The molecule has 0 saturated heterocycles. The number of anilines is 2. The third-order valence-electron chi connectivity index (χ3n) is 2.80. The van der Waals surface area contributed by atoms with E-state index in [-0.39, 0.29) is 0 Å². The molecule has 2 heterocycles. The van der Waals surface area contributed by atoms with E-state index in [9.17, 15) is 0 Å². The van der Waals surface area contributed by atoms with Crippen molar-refractivity contribution in [3.05, 3.63) is 42.1 Å². The fraction of sp³-hybridized carbons (Fsp3) is 0.143. The maximum atomic E-state index is 5.75. The van der Waals surface area contributed by atoms with Crippen molar-refractivity contribution in [3.8, 4) is 5.75 Å². The van der Waals surface area contributed by atoms with Gasteiger partial charge in [-0.15, -0.1) is 0 Å². The van der Waals surface area contributed by atoms with Gasteiger partial charge in [0.05, 0.1) is 5.69 Å². The zero-order valence-corrected chi connectivity index (χ0v) is 10.6. The van der Waals surface area contributed by atoms with Gasteiger partial charge in [0.15, 0.2) is 5.82 Å². The summed E-state index contributed by atoms with van der Waals surface area (Å²) >= 11 is 0. The van der Waals surface area contributed by atoms with Crippen molar-refractivity contribution < 1.29 is 4.74 Å². The Hall–Kier alpha value is -2.56. The maximum Gasteiger partial charge on any atom is 0.154 e. The van der Waals surface area contributed by atoms with Gasteiger partial charge in [-0.2, -0.15) is 0 Å². The third kappa shape index (κ3) is 2.49. The number of nitrogens with zero attached hydrogens (tertiary/aromatic N) is 2. The average molecular weight is 254 g/mol. The second-order valence-corrected chi connectivity index (χ2v) is 4.42. The monoisotopic (exact) mass is 254 g/mol. The summed E-state index contributed by atoms with van der Waals surface area (Å²) in [6, 6.07) is 9.34. The highest BCUT2D eigenvalue weighted by Gasteiger charge is 2.14.